The van der Waals surface area contributed by atoms with Gasteiger partial charge in [-0.2, -0.15) is 0 Å². The predicted octanol–water partition coefficient (Wildman–Crippen LogP) is 4.07. The first-order valence-corrected chi connectivity index (χ1v) is 9.90. The minimum atomic E-state index is -2.68. The zero-order valence-electron chi connectivity index (χ0n) is 13.6. The molecule has 0 spiro atoms. The van der Waals surface area contributed by atoms with Gasteiger partial charge in [0.1, 0.15) is 0 Å². The van der Waals surface area contributed by atoms with Gasteiger partial charge in [0.05, 0.1) is 19.3 Å². The molecule has 1 aromatic rings. The standard InChI is InChI=1S/C16H24NO3PS/c1-6-19-21(22,20-7-2)17-16(13(4)14(5)18)15-10-8-12(3)9-11-15/h8-11,16H,4,6-7H2,1-3,5H3,(H,17,22). The number of rotatable bonds is 9. The minimum Gasteiger partial charge on any atom is -0.318 e. The van der Waals surface area contributed by atoms with Crippen LogP contribution in [0.25, 0.3) is 0 Å². The van der Waals surface area contributed by atoms with Gasteiger partial charge >= 0.3 is 0 Å². The minimum absolute atomic E-state index is 0.0902. The van der Waals surface area contributed by atoms with Gasteiger partial charge in [0, 0.05) is 5.57 Å². The molecule has 1 N–H and O–H groups in total. The first-order chi connectivity index (χ1) is 10.3. The molecule has 0 fully saturated rings. The van der Waals surface area contributed by atoms with E-state index < -0.39 is 12.7 Å². The molecule has 22 heavy (non-hydrogen) atoms. The summed E-state index contributed by atoms with van der Waals surface area (Å²) in [6.45, 7) is 9.35. The largest absolute Gasteiger partial charge is 0.318 e. The van der Waals surface area contributed by atoms with Crippen LogP contribution in [-0.4, -0.2) is 19.0 Å². The van der Waals surface area contributed by atoms with Crippen molar-refractivity contribution in [2.75, 3.05) is 13.2 Å². The van der Waals surface area contributed by atoms with Crippen molar-refractivity contribution < 1.29 is 13.8 Å². The van der Waals surface area contributed by atoms with Crippen LogP contribution in [0.5, 0.6) is 0 Å². The van der Waals surface area contributed by atoms with Gasteiger partial charge in [-0.3, -0.25) is 4.79 Å². The lowest BCUT2D eigenvalue weighted by molar-refractivity contribution is -0.113. The summed E-state index contributed by atoms with van der Waals surface area (Å²) in [7, 11) is 0. The average Bonchev–Trinajstić information content (AvgIpc) is 2.45. The third-order valence-corrected chi connectivity index (χ3v) is 5.82. The highest BCUT2D eigenvalue weighted by molar-refractivity contribution is 8.09. The maximum absolute atomic E-state index is 11.8. The van der Waals surface area contributed by atoms with Crippen LogP contribution in [0, 0.1) is 6.92 Å². The Morgan fingerprint density at radius 1 is 1.27 bits per heavy atom. The molecule has 6 heteroatoms. The molecule has 0 bridgehead atoms. The number of ketones is 1. The molecular formula is C16H24NO3PS. The maximum Gasteiger partial charge on any atom is 0.262 e. The van der Waals surface area contributed by atoms with E-state index in [1.165, 1.54) is 6.92 Å². The van der Waals surface area contributed by atoms with E-state index in [9.17, 15) is 4.79 Å². The van der Waals surface area contributed by atoms with E-state index in [0.717, 1.165) is 11.1 Å². The zero-order valence-corrected chi connectivity index (χ0v) is 15.3. The zero-order chi connectivity index (χ0) is 16.8. The van der Waals surface area contributed by atoms with Crippen molar-refractivity contribution in [3.8, 4) is 0 Å². The number of nitrogens with one attached hydrogen (secondary N) is 1. The highest BCUT2D eigenvalue weighted by Gasteiger charge is 2.27. The lowest BCUT2D eigenvalue weighted by Crippen LogP contribution is -2.25. The van der Waals surface area contributed by atoms with E-state index >= 15 is 0 Å². The Morgan fingerprint density at radius 3 is 2.18 bits per heavy atom. The van der Waals surface area contributed by atoms with E-state index in [4.69, 9.17) is 20.9 Å². The summed E-state index contributed by atoms with van der Waals surface area (Å²) in [4.78, 5) is 11.8. The second-order valence-electron chi connectivity index (χ2n) is 4.89. The summed E-state index contributed by atoms with van der Waals surface area (Å²) in [5.74, 6) is -0.0902. The Morgan fingerprint density at radius 2 is 1.77 bits per heavy atom. The second-order valence-corrected chi connectivity index (χ2v) is 8.10. The molecule has 0 saturated carbocycles. The van der Waals surface area contributed by atoms with Crippen LogP contribution in [0.15, 0.2) is 36.4 Å². The van der Waals surface area contributed by atoms with Crippen LogP contribution in [0.1, 0.15) is 37.9 Å². The molecule has 0 radical (unpaired) electrons. The van der Waals surface area contributed by atoms with Crippen LogP contribution >= 0.6 is 6.64 Å². The summed E-state index contributed by atoms with van der Waals surface area (Å²) in [6, 6.07) is 7.48. The van der Waals surface area contributed by atoms with E-state index in [1.807, 2.05) is 45.0 Å². The molecular weight excluding hydrogens is 317 g/mol. The van der Waals surface area contributed by atoms with E-state index in [1.54, 1.807) is 0 Å². The molecule has 0 aromatic heterocycles. The third-order valence-electron chi connectivity index (χ3n) is 3.10. The average molecular weight is 341 g/mol. The molecule has 1 unspecified atom stereocenters. The summed E-state index contributed by atoms with van der Waals surface area (Å²) in [5, 5.41) is 3.21. The number of hydrogen-bond donors (Lipinski definition) is 1. The van der Waals surface area contributed by atoms with Gasteiger partial charge in [-0.1, -0.05) is 36.4 Å². The topological polar surface area (TPSA) is 47.6 Å². The Labute approximate surface area is 138 Å². The van der Waals surface area contributed by atoms with Crippen molar-refractivity contribution >= 4 is 24.2 Å². The van der Waals surface area contributed by atoms with Crippen LogP contribution < -0.4 is 5.09 Å². The monoisotopic (exact) mass is 341 g/mol. The number of benzene rings is 1. The molecule has 4 nitrogen and oxygen atoms in total. The fourth-order valence-electron chi connectivity index (χ4n) is 1.93. The molecule has 0 amide bonds. The molecule has 0 aliphatic rings. The smallest absolute Gasteiger partial charge is 0.262 e. The first-order valence-electron chi connectivity index (χ1n) is 7.26. The normalized spacial score (nSPS) is 12.9. The Hall–Kier alpha value is -0.840. The van der Waals surface area contributed by atoms with E-state index in [0.29, 0.717) is 18.8 Å². The molecule has 122 valence electrons. The van der Waals surface area contributed by atoms with Crippen LogP contribution in [-0.2, 0) is 25.6 Å². The Kier molecular flexibility index (Phi) is 7.60. The van der Waals surface area contributed by atoms with Crippen molar-refractivity contribution in [1.29, 1.82) is 0 Å². The summed E-state index contributed by atoms with van der Waals surface area (Å²) in [5.41, 5.74) is 2.50. The van der Waals surface area contributed by atoms with Gasteiger partial charge in [0.15, 0.2) is 5.78 Å². The SMILES string of the molecule is C=C(C(C)=O)C(NP(=S)(OCC)OCC)c1ccc(C)cc1. The molecule has 1 atom stereocenters. The number of Topliss-reactive ketones (excluding diaryl/α,β-unsaturated/α-hetero) is 1. The van der Waals surface area contributed by atoms with Crippen LogP contribution in [0.2, 0.25) is 0 Å². The molecule has 0 aliphatic carbocycles. The summed E-state index contributed by atoms with van der Waals surface area (Å²) >= 11 is 5.51. The Balaban J connectivity index is 3.15. The highest BCUT2D eigenvalue weighted by Crippen LogP contribution is 2.47. The van der Waals surface area contributed by atoms with Gasteiger partial charge in [-0.15, -0.1) is 0 Å². The van der Waals surface area contributed by atoms with Crippen LogP contribution in [0.3, 0.4) is 0 Å². The van der Waals surface area contributed by atoms with E-state index in [-0.39, 0.29) is 5.78 Å². The number of carbonyl (C=O) groups excluding carboxylic acids is 1. The maximum atomic E-state index is 11.8. The molecule has 0 saturated heterocycles. The second kappa shape index (κ2) is 8.70. The van der Waals surface area contributed by atoms with Gasteiger partial charge in [0.2, 0.25) is 0 Å². The highest BCUT2D eigenvalue weighted by atomic mass is 32.5. The number of hydrogen-bond acceptors (Lipinski definition) is 4. The lowest BCUT2D eigenvalue weighted by Gasteiger charge is -2.28. The molecule has 0 heterocycles. The van der Waals surface area contributed by atoms with Gasteiger partial charge < -0.3 is 9.05 Å². The van der Waals surface area contributed by atoms with Crippen molar-refractivity contribution in [2.24, 2.45) is 0 Å². The van der Waals surface area contributed by atoms with Crippen LogP contribution in [0.4, 0.5) is 0 Å². The predicted molar refractivity (Wildman–Crippen MR) is 94.4 cm³/mol. The third kappa shape index (κ3) is 5.41. The molecule has 1 aromatic carbocycles. The lowest BCUT2D eigenvalue weighted by atomic mass is 9.97. The van der Waals surface area contributed by atoms with Crippen molar-refractivity contribution in [3.05, 3.63) is 47.5 Å². The van der Waals surface area contributed by atoms with Gasteiger partial charge in [-0.25, -0.2) is 5.09 Å². The molecule has 1 rings (SSSR count). The van der Waals surface area contributed by atoms with E-state index in [2.05, 4.69) is 11.7 Å². The molecule has 0 aliphatic heterocycles. The number of aryl methyl sites for hydroxylation is 1. The van der Waals surface area contributed by atoms with Gasteiger partial charge in [-0.05, 0) is 45.1 Å². The number of carbonyl (C=O) groups is 1. The quantitative estimate of drug-likeness (QED) is 0.542. The van der Waals surface area contributed by atoms with Gasteiger partial charge in [0.25, 0.3) is 6.64 Å². The fourth-order valence-corrected chi connectivity index (χ4v) is 4.40. The van der Waals surface area contributed by atoms with Crippen molar-refractivity contribution in [1.82, 2.24) is 5.09 Å². The first kappa shape index (κ1) is 19.2. The fraction of sp³-hybridized carbons (Fsp3) is 0.438. The Bertz CT molecular complexity index is 561. The summed E-state index contributed by atoms with van der Waals surface area (Å²) < 4.78 is 11.2. The summed E-state index contributed by atoms with van der Waals surface area (Å²) in [6.07, 6.45) is 0. The van der Waals surface area contributed by atoms with Crippen molar-refractivity contribution in [3.63, 3.8) is 0 Å². The van der Waals surface area contributed by atoms with Crippen molar-refractivity contribution in [2.45, 2.75) is 33.7 Å².